The van der Waals surface area contributed by atoms with Crippen LogP contribution in [0.3, 0.4) is 0 Å². The van der Waals surface area contributed by atoms with Crippen LogP contribution >= 0.6 is 0 Å². The fourth-order valence-electron chi connectivity index (χ4n) is 3.11. The van der Waals surface area contributed by atoms with E-state index in [1.807, 2.05) is 0 Å². The Morgan fingerprint density at radius 1 is 1.44 bits per heavy atom. The van der Waals surface area contributed by atoms with Gasteiger partial charge in [0.2, 0.25) is 6.10 Å². The Balaban J connectivity index is 2.01. The van der Waals surface area contributed by atoms with Crippen LogP contribution in [-0.2, 0) is 11.8 Å². The number of carbonyl (C=O) groups excluding carboxylic acids is 2. The molecule has 1 aromatic heterocycles. The minimum absolute atomic E-state index is 0.0430. The molecule has 1 fully saturated rings. The number of aliphatic hydroxyl groups is 1. The molecule has 1 saturated heterocycles. The van der Waals surface area contributed by atoms with E-state index in [-0.39, 0.29) is 31.0 Å². The highest BCUT2D eigenvalue weighted by molar-refractivity contribution is 5.93. The van der Waals surface area contributed by atoms with Crippen molar-refractivity contribution in [3.63, 3.8) is 0 Å². The topological polar surface area (TPSA) is 78.7 Å². The first kappa shape index (κ1) is 19.2. The number of nitrogens with zero attached hydrogens (tertiary/aromatic N) is 4. The van der Waals surface area contributed by atoms with Gasteiger partial charge in [0.15, 0.2) is 0 Å². The van der Waals surface area contributed by atoms with E-state index in [4.69, 9.17) is 5.11 Å². The molecular weight excluding hydrogens is 341 g/mol. The van der Waals surface area contributed by atoms with Crippen molar-refractivity contribution in [3.05, 3.63) is 18.0 Å². The highest BCUT2D eigenvalue weighted by Crippen LogP contribution is 2.26. The maximum atomic E-state index is 12.5. The summed E-state index contributed by atoms with van der Waals surface area (Å²) >= 11 is 0. The van der Waals surface area contributed by atoms with Crippen LogP contribution in [0, 0.1) is 5.92 Å². The lowest BCUT2D eigenvalue weighted by molar-refractivity contribution is -0.211. The average molecular weight is 362 g/mol. The summed E-state index contributed by atoms with van der Waals surface area (Å²) in [4.78, 5) is 26.8. The number of aryl methyl sites for hydroxylation is 1. The molecule has 0 bridgehead atoms. The number of hydrogen-bond acceptors (Lipinski definition) is 4. The standard InChI is InChI=1S/C15H21F3N4O3/c1-9-7-22(14(25)12(23)15(16,17)18)5-4-11(9)21(3)13(24)10-6-19-20(2)8-10/h6,8-9,11-12,23H,4-5,7H2,1-3H3/t9?,11?,12-/m1/s1. The highest BCUT2D eigenvalue weighted by Gasteiger charge is 2.46. The van der Waals surface area contributed by atoms with Gasteiger partial charge in [-0.3, -0.25) is 14.3 Å². The first-order valence-electron chi connectivity index (χ1n) is 7.81. The smallest absolute Gasteiger partial charge is 0.376 e. The Bertz CT molecular complexity index is 646. The van der Waals surface area contributed by atoms with Gasteiger partial charge in [-0.2, -0.15) is 18.3 Å². The van der Waals surface area contributed by atoms with Gasteiger partial charge in [0.05, 0.1) is 11.8 Å². The van der Waals surface area contributed by atoms with Crippen molar-refractivity contribution < 1.29 is 27.9 Å². The Hall–Kier alpha value is -2.10. The molecule has 1 aliphatic rings. The van der Waals surface area contributed by atoms with E-state index >= 15 is 0 Å². The number of halogens is 3. The number of piperidine rings is 1. The van der Waals surface area contributed by atoms with Crippen LogP contribution in [0.15, 0.2) is 12.4 Å². The first-order chi connectivity index (χ1) is 11.5. The van der Waals surface area contributed by atoms with E-state index < -0.39 is 18.2 Å². The molecule has 0 spiro atoms. The van der Waals surface area contributed by atoms with Gasteiger partial charge in [-0.05, 0) is 12.3 Å². The van der Waals surface area contributed by atoms with Crippen molar-refractivity contribution in [2.45, 2.75) is 31.7 Å². The van der Waals surface area contributed by atoms with Crippen molar-refractivity contribution in [2.24, 2.45) is 13.0 Å². The van der Waals surface area contributed by atoms with E-state index in [1.54, 1.807) is 27.2 Å². The van der Waals surface area contributed by atoms with Gasteiger partial charge in [-0.25, -0.2) is 0 Å². The zero-order valence-electron chi connectivity index (χ0n) is 14.2. The number of alkyl halides is 3. The monoisotopic (exact) mass is 362 g/mol. The zero-order valence-corrected chi connectivity index (χ0v) is 14.2. The Morgan fingerprint density at radius 3 is 2.56 bits per heavy atom. The maximum Gasteiger partial charge on any atom is 0.423 e. The summed E-state index contributed by atoms with van der Waals surface area (Å²) in [6.45, 7) is 1.85. The molecule has 1 aromatic rings. The average Bonchev–Trinajstić information content (AvgIpc) is 2.97. The fourth-order valence-corrected chi connectivity index (χ4v) is 3.11. The molecule has 0 radical (unpaired) electrons. The molecule has 25 heavy (non-hydrogen) atoms. The lowest BCUT2D eigenvalue weighted by atomic mass is 9.92. The SMILES string of the molecule is CC1CN(C(=O)[C@@H](O)C(F)(F)F)CCC1N(C)C(=O)c1cnn(C)c1. The fraction of sp³-hybridized carbons (Fsp3) is 0.667. The van der Waals surface area contributed by atoms with Crippen LogP contribution in [0.25, 0.3) is 0 Å². The van der Waals surface area contributed by atoms with Gasteiger partial charge < -0.3 is 14.9 Å². The van der Waals surface area contributed by atoms with Crippen LogP contribution in [0.4, 0.5) is 13.2 Å². The molecule has 0 saturated carbocycles. The third-order valence-corrected chi connectivity index (χ3v) is 4.49. The van der Waals surface area contributed by atoms with Crippen molar-refractivity contribution in [1.29, 1.82) is 0 Å². The van der Waals surface area contributed by atoms with Gasteiger partial charge in [0.1, 0.15) is 0 Å². The van der Waals surface area contributed by atoms with E-state index in [9.17, 15) is 22.8 Å². The van der Waals surface area contributed by atoms with Gasteiger partial charge in [-0.15, -0.1) is 0 Å². The molecule has 10 heteroatoms. The van der Waals surface area contributed by atoms with E-state index in [0.29, 0.717) is 12.0 Å². The van der Waals surface area contributed by atoms with Gasteiger partial charge in [0, 0.05) is 39.4 Å². The summed E-state index contributed by atoms with van der Waals surface area (Å²) in [7, 11) is 3.31. The van der Waals surface area contributed by atoms with Gasteiger partial charge in [-0.1, -0.05) is 6.92 Å². The van der Waals surface area contributed by atoms with Crippen LogP contribution < -0.4 is 0 Å². The van der Waals surface area contributed by atoms with Gasteiger partial charge >= 0.3 is 6.18 Å². The summed E-state index contributed by atoms with van der Waals surface area (Å²) in [5.41, 5.74) is 0.420. The molecule has 1 aliphatic heterocycles. The Kier molecular flexibility index (Phi) is 5.40. The molecule has 2 heterocycles. The second-order valence-corrected chi connectivity index (χ2v) is 6.38. The van der Waals surface area contributed by atoms with E-state index in [2.05, 4.69) is 5.10 Å². The normalized spacial score (nSPS) is 22.6. The Morgan fingerprint density at radius 2 is 2.08 bits per heavy atom. The molecule has 2 rings (SSSR count). The molecular formula is C15H21F3N4O3. The number of aromatic nitrogens is 2. The molecule has 2 amide bonds. The van der Waals surface area contributed by atoms with Crippen molar-refractivity contribution >= 4 is 11.8 Å². The summed E-state index contributed by atoms with van der Waals surface area (Å²) in [6, 6.07) is -0.222. The predicted molar refractivity (Wildman–Crippen MR) is 81.5 cm³/mol. The lowest BCUT2D eigenvalue weighted by Gasteiger charge is -2.41. The maximum absolute atomic E-state index is 12.5. The number of hydrogen-bond donors (Lipinski definition) is 1. The molecule has 0 aromatic carbocycles. The summed E-state index contributed by atoms with van der Waals surface area (Å²) in [6.07, 6.45) is -4.63. The predicted octanol–water partition coefficient (Wildman–Crippen LogP) is 0.652. The summed E-state index contributed by atoms with van der Waals surface area (Å²) in [5.74, 6) is -1.82. The summed E-state index contributed by atoms with van der Waals surface area (Å²) < 4.78 is 39.0. The number of carbonyl (C=O) groups is 2. The van der Waals surface area contributed by atoms with Crippen LogP contribution in [0.1, 0.15) is 23.7 Å². The number of aliphatic hydroxyl groups excluding tert-OH is 1. The van der Waals surface area contributed by atoms with Crippen LogP contribution in [-0.4, -0.2) is 75.0 Å². The molecule has 2 unspecified atom stereocenters. The zero-order chi connectivity index (χ0) is 18.9. The van der Waals surface area contributed by atoms with Crippen molar-refractivity contribution in [1.82, 2.24) is 19.6 Å². The number of amides is 2. The van der Waals surface area contributed by atoms with Gasteiger partial charge in [0.25, 0.3) is 11.8 Å². The quantitative estimate of drug-likeness (QED) is 0.857. The van der Waals surface area contributed by atoms with E-state index in [0.717, 1.165) is 4.90 Å². The largest absolute Gasteiger partial charge is 0.423 e. The second-order valence-electron chi connectivity index (χ2n) is 6.38. The minimum Gasteiger partial charge on any atom is -0.376 e. The molecule has 7 nitrogen and oxygen atoms in total. The van der Waals surface area contributed by atoms with Crippen LogP contribution in [0.5, 0.6) is 0 Å². The highest BCUT2D eigenvalue weighted by atomic mass is 19.4. The first-order valence-corrected chi connectivity index (χ1v) is 7.81. The molecule has 140 valence electrons. The minimum atomic E-state index is -4.98. The lowest BCUT2D eigenvalue weighted by Crippen LogP contribution is -2.55. The van der Waals surface area contributed by atoms with Crippen molar-refractivity contribution in [3.8, 4) is 0 Å². The van der Waals surface area contributed by atoms with Crippen LogP contribution in [0.2, 0.25) is 0 Å². The second kappa shape index (κ2) is 7.03. The third-order valence-electron chi connectivity index (χ3n) is 4.49. The molecule has 0 aliphatic carbocycles. The van der Waals surface area contributed by atoms with Crippen molar-refractivity contribution in [2.75, 3.05) is 20.1 Å². The number of likely N-dealkylation sites (tertiary alicyclic amines) is 1. The third kappa shape index (κ3) is 4.12. The summed E-state index contributed by atoms with van der Waals surface area (Å²) in [5, 5.41) is 13.1. The van der Waals surface area contributed by atoms with E-state index in [1.165, 1.54) is 15.8 Å². The Labute approximate surface area is 143 Å². The molecule has 1 N–H and O–H groups in total. The number of rotatable bonds is 3. The molecule has 3 atom stereocenters.